The summed E-state index contributed by atoms with van der Waals surface area (Å²) >= 11 is 0. The highest BCUT2D eigenvalue weighted by Gasteiger charge is 2.12. The van der Waals surface area contributed by atoms with Crippen molar-refractivity contribution in [3.05, 3.63) is 66.9 Å². The lowest BCUT2D eigenvalue weighted by Gasteiger charge is -2.06. The van der Waals surface area contributed by atoms with E-state index in [1.54, 1.807) is 6.20 Å². The van der Waals surface area contributed by atoms with E-state index in [9.17, 15) is 0 Å². The van der Waals surface area contributed by atoms with Crippen LogP contribution in [-0.4, -0.2) is 9.55 Å². The van der Waals surface area contributed by atoms with E-state index in [1.165, 1.54) is 16.8 Å². The molecule has 3 rings (SSSR count). The van der Waals surface area contributed by atoms with Gasteiger partial charge in [0.2, 0.25) is 5.69 Å². The molecule has 0 N–H and O–H groups in total. The molecular formula is C16H16N3+. The molecule has 2 aromatic heterocycles. The first-order valence-corrected chi connectivity index (χ1v) is 6.30. The molecule has 0 atom stereocenters. The van der Waals surface area contributed by atoms with Crippen molar-refractivity contribution in [2.75, 3.05) is 0 Å². The van der Waals surface area contributed by atoms with Gasteiger partial charge >= 0.3 is 0 Å². The van der Waals surface area contributed by atoms with Crippen molar-refractivity contribution < 1.29 is 4.57 Å². The Morgan fingerprint density at radius 1 is 1.11 bits per heavy atom. The number of aryl methyl sites for hydroxylation is 2. The zero-order chi connectivity index (χ0) is 13.2. The van der Waals surface area contributed by atoms with Crippen LogP contribution in [0.1, 0.15) is 5.56 Å². The third kappa shape index (κ3) is 2.15. The third-order valence-electron chi connectivity index (χ3n) is 3.34. The second-order valence-electron chi connectivity index (χ2n) is 4.67. The van der Waals surface area contributed by atoms with Crippen molar-refractivity contribution in [1.29, 1.82) is 0 Å². The number of rotatable bonds is 2. The van der Waals surface area contributed by atoms with E-state index in [4.69, 9.17) is 0 Å². The molecule has 0 aliphatic carbocycles. The highest BCUT2D eigenvalue weighted by atomic mass is 15.0. The molecule has 0 aliphatic rings. The van der Waals surface area contributed by atoms with Crippen LogP contribution in [0.25, 0.3) is 16.9 Å². The van der Waals surface area contributed by atoms with E-state index in [2.05, 4.69) is 66.1 Å². The van der Waals surface area contributed by atoms with Crippen molar-refractivity contribution in [1.82, 2.24) is 9.55 Å². The minimum atomic E-state index is 1.11. The van der Waals surface area contributed by atoms with Crippen LogP contribution in [0, 0.1) is 6.92 Å². The Bertz CT molecular complexity index is 700. The molecule has 1 aromatic carbocycles. The van der Waals surface area contributed by atoms with Gasteiger partial charge in [-0.05, 0) is 24.6 Å². The van der Waals surface area contributed by atoms with Gasteiger partial charge in [0.05, 0.1) is 6.33 Å². The molecule has 0 bridgehead atoms. The summed E-state index contributed by atoms with van der Waals surface area (Å²) in [5.74, 6) is 0. The number of aromatic nitrogens is 3. The van der Waals surface area contributed by atoms with Gasteiger partial charge in [-0.25, -0.2) is 4.98 Å². The van der Waals surface area contributed by atoms with Gasteiger partial charge in [0, 0.05) is 24.0 Å². The SMILES string of the molecule is Cc1ccccc1-c1ccc(-n2ccnc2)c[n+]1C. The lowest BCUT2D eigenvalue weighted by molar-refractivity contribution is -0.660. The maximum atomic E-state index is 4.08. The van der Waals surface area contributed by atoms with E-state index in [-0.39, 0.29) is 0 Å². The van der Waals surface area contributed by atoms with E-state index in [0.717, 1.165) is 5.69 Å². The van der Waals surface area contributed by atoms with Gasteiger partial charge < -0.3 is 4.57 Å². The molecule has 94 valence electrons. The largest absolute Gasteiger partial charge is 0.301 e. The van der Waals surface area contributed by atoms with Crippen molar-refractivity contribution >= 4 is 0 Å². The number of hydrogen-bond donors (Lipinski definition) is 0. The molecule has 0 unspecified atom stereocenters. The number of benzene rings is 1. The summed E-state index contributed by atoms with van der Waals surface area (Å²) in [4.78, 5) is 4.08. The normalized spacial score (nSPS) is 10.6. The standard InChI is InChI=1S/C16H16N3/c1-13-5-3-4-6-15(13)16-8-7-14(11-18(16)2)19-10-9-17-12-19/h3-12H,1-2H3/q+1. The zero-order valence-electron chi connectivity index (χ0n) is 11.1. The van der Waals surface area contributed by atoms with Crippen molar-refractivity contribution in [2.45, 2.75) is 6.92 Å². The van der Waals surface area contributed by atoms with Crippen molar-refractivity contribution in [3.8, 4) is 16.9 Å². The molecule has 2 heterocycles. The summed E-state index contributed by atoms with van der Waals surface area (Å²) in [5.41, 5.74) is 4.87. The molecule has 0 spiro atoms. The fraction of sp³-hybridized carbons (Fsp3) is 0.125. The Labute approximate surface area is 112 Å². The molecule has 0 saturated heterocycles. The molecule has 3 nitrogen and oxygen atoms in total. The smallest absolute Gasteiger partial charge is 0.212 e. The van der Waals surface area contributed by atoms with Gasteiger partial charge in [-0.3, -0.25) is 0 Å². The summed E-state index contributed by atoms with van der Waals surface area (Å²) in [6.45, 7) is 2.14. The van der Waals surface area contributed by atoms with Crippen LogP contribution in [0.2, 0.25) is 0 Å². The Hall–Kier alpha value is -2.42. The molecule has 0 amide bonds. The molecular weight excluding hydrogens is 234 g/mol. The number of pyridine rings is 1. The van der Waals surface area contributed by atoms with Gasteiger partial charge in [0.15, 0.2) is 6.20 Å². The summed E-state index contributed by atoms with van der Waals surface area (Å²) in [7, 11) is 2.07. The molecule has 3 aromatic rings. The quantitative estimate of drug-likeness (QED) is 0.641. The lowest BCUT2D eigenvalue weighted by Crippen LogP contribution is -2.31. The minimum Gasteiger partial charge on any atom is -0.301 e. The topological polar surface area (TPSA) is 21.7 Å². The minimum absolute atomic E-state index is 1.11. The summed E-state index contributed by atoms with van der Waals surface area (Å²) < 4.78 is 4.15. The zero-order valence-corrected chi connectivity index (χ0v) is 11.1. The Balaban J connectivity index is 2.08. The summed E-state index contributed by atoms with van der Waals surface area (Å²) in [6, 6.07) is 12.7. The van der Waals surface area contributed by atoms with Gasteiger partial charge in [-0.15, -0.1) is 0 Å². The van der Waals surface area contributed by atoms with Crippen molar-refractivity contribution in [2.24, 2.45) is 7.05 Å². The molecule has 0 aliphatic heterocycles. The van der Waals surface area contributed by atoms with Crippen LogP contribution in [0.5, 0.6) is 0 Å². The molecule has 19 heavy (non-hydrogen) atoms. The predicted molar refractivity (Wildman–Crippen MR) is 74.9 cm³/mol. The monoisotopic (exact) mass is 250 g/mol. The first-order valence-electron chi connectivity index (χ1n) is 6.30. The van der Waals surface area contributed by atoms with E-state index < -0.39 is 0 Å². The van der Waals surface area contributed by atoms with E-state index in [0.29, 0.717) is 0 Å². The highest BCUT2D eigenvalue weighted by Crippen LogP contribution is 2.20. The second-order valence-corrected chi connectivity index (χ2v) is 4.67. The average Bonchev–Trinajstić information content (AvgIpc) is 2.94. The van der Waals surface area contributed by atoms with E-state index in [1.807, 2.05) is 17.1 Å². The number of nitrogens with zero attached hydrogens (tertiary/aromatic N) is 3. The Kier molecular flexibility index (Phi) is 2.88. The Morgan fingerprint density at radius 3 is 2.63 bits per heavy atom. The lowest BCUT2D eigenvalue weighted by atomic mass is 10.0. The maximum absolute atomic E-state index is 4.08. The molecule has 0 fully saturated rings. The van der Waals surface area contributed by atoms with Crippen LogP contribution in [0.15, 0.2) is 61.3 Å². The van der Waals surface area contributed by atoms with Crippen LogP contribution in [0.4, 0.5) is 0 Å². The fourth-order valence-electron chi connectivity index (χ4n) is 2.30. The second kappa shape index (κ2) is 4.69. The van der Waals surface area contributed by atoms with Crippen LogP contribution in [-0.2, 0) is 7.05 Å². The average molecular weight is 250 g/mol. The van der Waals surface area contributed by atoms with Crippen LogP contribution in [0.3, 0.4) is 0 Å². The number of hydrogen-bond acceptors (Lipinski definition) is 1. The summed E-state index contributed by atoms with van der Waals surface area (Å²) in [6.07, 6.45) is 7.66. The Morgan fingerprint density at radius 2 is 1.95 bits per heavy atom. The molecule has 3 heteroatoms. The van der Waals surface area contributed by atoms with Crippen LogP contribution >= 0.6 is 0 Å². The first kappa shape index (κ1) is 11.7. The van der Waals surface area contributed by atoms with E-state index >= 15 is 0 Å². The molecule has 0 saturated carbocycles. The fourth-order valence-corrected chi connectivity index (χ4v) is 2.30. The predicted octanol–water partition coefficient (Wildman–Crippen LogP) is 2.67. The van der Waals surface area contributed by atoms with Gasteiger partial charge in [-0.2, -0.15) is 4.57 Å². The van der Waals surface area contributed by atoms with Crippen molar-refractivity contribution in [3.63, 3.8) is 0 Å². The molecule has 0 radical (unpaired) electrons. The maximum Gasteiger partial charge on any atom is 0.212 e. The number of imidazole rings is 1. The van der Waals surface area contributed by atoms with Gasteiger partial charge in [-0.1, -0.05) is 18.2 Å². The highest BCUT2D eigenvalue weighted by molar-refractivity contribution is 5.61. The van der Waals surface area contributed by atoms with Gasteiger partial charge in [0.25, 0.3) is 0 Å². The third-order valence-corrected chi connectivity index (χ3v) is 3.34. The first-order chi connectivity index (χ1) is 9.25. The van der Waals surface area contributed by atoms with Gasteiger partial charge in [0.1, 0.15) is 12.7 Å². The summed E-state index contributed by atoms with van der Waals surface area (Å²) in [5, 5.41) is 0. The van der Waals surface area contributed by atoms with Crippen LogP contribution < -0.4 is 4.57 Å².